The molecular weight excluding hydrogens is 396 g/mol. The van der Waals surface area contributed by atoms with Crippen molar-refractivity contribution < 1.29 is 54.8 Å². The lowest BCUT2D eigenvalue weighted by Gasteiger charge is -2.43. The van der Waals surface area contributed by atoms with Crippen molar-refractivity contribution in [1.29, 1.82) is 0 Å². The molecule has 0 spiro atoms. The highest BCUT2D eigenvalue weighted by Gasteiger charge is 2.47. The number of ether oxygens (including phenoxy) is 3. The number of urea groups is 1. The first-order valence-electron chi connectivity index (χ1n) is 9.36. The van der Waals surface area contributed by atoms with Crippen molar-refractivity contribution in [2.24, 2.45) is 0 Å². The van der Waals surface area contributed by atoms with Gasteiger partial charge in [0.2, 0.25) is 0 Å². The molecule has 2 heterocycles. The normalized spacial score (nSPS) is 43.0. The molecule has 29 heavy (non-hydrogen) atoms. The van der Waals surface area contributed by atoms with Crippen LogP contribution in [-0.2, 0) is 14.2 Å². The van der Waals surface area contributed by atoms with Crippen LogP contribution < -0.4 is 10.6 Å². The van der Waals surface area contributed by atoms with Crippen molar-refractivity contribution in [3.8, 4) is 0 Å². The molecule has 13 heteroatoms. The molecule has 2 aliphatic heterocycles. The maximum atomic E-state index is 12.4. The largest absolute Gasteiger partial charge is 0.394 e. The highest BCUT2D eigenvalue weighted by atomic mass is 16.7. The summed E-state index contributed by atoms with van der Waals surface area (Å²) in [4.78, 5) is 12.4. The van der Waals surface area contributed by atoms with E-state index < -0.39 is 80.5 Å². The first-order chi connectivity index (χ1) is 13.7. The van der Waals surface area contributed by atoms with Crippen LogP contribution in [0.4, 0.5) is 4.79 Å². The lowest BCUT2D eigenvalue weighted by Crippen LogP contribution is -2.68. The average molecular weight is 426 g/mol. The van der Waals surface area contributed by atoms with Gasteiger partial charge >= 0.3 is 6.03 Å². The standard InChI is InChI=1S/C16H30N2O11/c1-2-3-27-15-8(11(23)9(21)7(5-20)29-15)17-16(26)18-14-13(25)12(24)10(22)6(4-19)28-14/h6-15,19-25H,2-5H2,1H3,(H2,17,18,26)/t6-,7-,8+,9-,10-,11-,12+,13+,14-,15-/m1/s1. The second-order valence-electron chi connectivity index (χ2n) is 6.97. The SMILES string of the molecule is CCCO[C@@H]1O[C@H](CO)[C@@H](O)[C@H](O)[C@@H]1NC(=O)N[C@@H]1O[C@H](CO)[C@@H](O)[C@H](O)[C@@H]1O. The topological polar surface area (TPSA) is 210 Å². The number of amides is 2. The number of nitrogens with one attached hydrogen (secondary N) is 2. The molecule has 170 valence electrons. The van der Waals surface area contributed by atoms with Gasteiger partial charge in [-0.3, -0.25) is 0 Å². The van der Waals surface area contributed by atoms with Crippen LogP contribution in [0, 0.1) is 0 Å². The lowest BCUT2D eigenvalue weighted by molar-refractivity contribution is -0.269. The summed E-state index contributed by atoms with van der Waals surface area (Å²) in [5.74, 6) is 0. The summed E-state index contributed by atoms with van der Waals surface area (Å²) < 4.78 is 16.0. The van der Waals surface area contributed by atoms with Crippen LogP contribution in [0.3, 0.4) is 0 Å². The maximum absolute atomic E-state index is 12.4. The van der Waals surface area contributed by atoms with E-state index in [9.17, 15) is 40.5 Å². The van der Waals surface area contributed by atoms with Crippen LogP contribution in [0.25, 0.3) is 0 Å². The predicted molar refractivity (Wildman–Crippen MR) is 93.2 cm³/mol. The number of hydrogen-bond acceptors (Lipinski definition) is 11. The minimum absolute atomic E-state index is 0.220. The van der Waals surface area contributed by atoms with Gasteiger partial charge in [-0.05, 0) is 6.42 Å². The fourth-order valence-corrected chi connectivity index (χ4v) is 3.16. The Kier molecular flexibility index (Phi) is 8.96. The molecule has 0 aliphatic carbocycles. The Bertz CT molecular complexity index is 525. The first kappa shape index (κ1) is 24.1. The van der Waals surface area contributed by atoms with Crippen molar-refractivity contribution >= 4 is 6.03 Å². The van der Waals surface area contributed by atoms with Gasteiger partial charge in [-0.25, -0.2) is 4.79 Å². The van der Waals surface area contributed by atoms with Gasteiger partial charge in [0.05, 0.1) is 13.2 Å². The maximum Gasteiger partial charge on any atom is 0.317 e. The Labute approximate surface area is 166 Å². The minimum Gasteiger partial charge on any atom is -0.394 e. The van der Waals surface area contributed by atoms with E-state index in [0.717, 1.165) is 0 Å². The highest BCUT2D eigenvalue weighted by Crippen LogP contribution is 2.23. The van der Waals surface area contributed by atoms with Gasteiger partial charge < -0.3 is 60.6 Å². The molecule has 2 amide bonds. The van der Waals surface area contributed by atoms with Crippen molar-refractivity contribution in [2.75, 3.05) is 19.8 Å². The van der Waals surface area contributed by atoms with E-state index >= 15 is 0 Å². The van der Waals surface area contributed by atoms with Crippen LogP contribution in [-0.4, -0.2) is 123 Å². The fourth-order valence-electron chi connectivity index (χ4n) is 3.16. The second-order valence-corrected chi connectivity index (χ2v) is 6.97. The molecule has 0 saturated carbocycles. The van der Waals surface area contributed by atoms with E-state index in [2.05, 4.69) is 10.6 Å². The van der Waals surface area contributed by atoms with E-state index in [1.165, 1.54) is 0 Å². The van der Waals surface area contributed by atoms with E-state index in [1.54, 1.807) is 0 Å². The molecule has 2 aliphatic rings. The minimum atomic E-state index is -1.69. The Morgan fingerprint density at radius 2 is 1.45 bits per heavy atom. The van der Waals surface area contributed by atoms with E-state index in [0.29, 0.717) is 6.42 Å². The lowest BCUT2D eigenvalue weighted by atomic mass is 9.97. The van der Waals surface area contributed by atoms with Gasteiger partial charge in [0.1, 0.15) is 48.8 Å². The molecular formula is C16H30N2O11. The van der Waals surface area contributed by atoms with Gasteiger partial charge in [0.25, 0.3) is 0 Å². The highest BCUT2D eigenvalue weighted by molar-refractivity contribution is 5.74. The summed E-state index contributed by atoms with van der Waals surface area (Å²) in [6.07, 6.45) is -12.4. The first-order valence-corrected chi connectivity index (χ1v) is 9.36. The smallest absolute Gasteiger partial charge is 0.317 e. The monoisotopic (exact) mass is 426 g/mol. The fraction of sp³-hybridized carbons (Fsp3) is 0.938. The van der Waals surface area contributed by atoms with Crippen LogP contribution in [0.15, 0.2) is 0 Å². The number of aliphatic hydroxyl groups is 7. The number of carbonyl (C=O) groups is 1. The van der Waals surface area contributed by atoms with Crippen molar-refractivity contribution in [2.45, 2.75) is 74.6 Å². The summed E-state index contributed by atoms with van der Waals surface area (Å²) in [5, 5.41) is 72.9. The summed E-state index contributed by atoms with van der Waals surface area (Å²) in [5.41, 5.74) is 0. The molecule has 0 radical (unpaired) electrons. The van der Waals surface area contributed by atoms with Crippen molar-refractivity contribution in [3.05, 3.63) is 0 Å². The van der Waals surface area contributed by atoms with Crippen molar-refractivity contribution in [3.63, 3.8) is 0 Å². The zero-order chi connectivity index (χ0) is 21.7. The molecule has 10 atom stereocenters. The summed E-state index contributed by atoms with van der Waals surface area (Å²) >= 11 is 0. The molecule has 0 aromatic rings. The molecule has 2 rings (SSSR count). The second kappa shape index (κ2) is 10.8. The number of carbonyl (C=O) groups excluding carboxylic acids is 1. The van der Waals surface area contributed by atoms with E-state index in [1.807, 2.05) is 6.92 Å². The van der Waals surface area contributed by atoms with Crippen LogP contribution in [0.5, 0.6) is 0 Å². The number of aliphatic hydroxyl groups excluding tert-OH is 7. The van der Waals surface area contributed by atoms with Crippen LogP contribution in [0.1, 0.15) is 13.3 Å². The molecule has 9 N–H and O–H groups in total. The van der Waals surface area contributed by atoms with Crippen LogP contribution >= 0.6 is 0 Å². The number of hydrogen-bond donors (Lipinski definition) is 9. The molecule has 2 fully saturated rings. The molecule has 2 saturated heterocycles. The Balaban J connectivity index is 2.04. The zero-order valence-corrected chi connectivity index (χ0v) is 15.9. The molecule has 0 aromatic carbocycles. The Morgan fingerprint density at radius 3 is 2.03 bits per heavy atom. The van der Waals surface area contributed by atoms with E-state index in [4.69, 9.17) is 14.2 Å². The molecule has 13 nitrogen and oxygen atoms in total. The van der Waals surface area contributed by atoms with Gasteiger partial charge in [-0.1, -0.05) is 6.92 Å². The quantitative estimate of drug-likeness (QED) is 0.189. The van der Waals surface area contributed by atoms with E-state index in [-0.39, 0.29) is 6.61 Å². The summed E-state index contributed by atoms with van der Waals surface area (Å²) in [7, 11) is 0. The van der Waals surface area contributed by atoms with Gasteiger partial charge in [0, 0.05) is 6.61 Å². The van der Waals surface area contributed by atoms with Gasteiger partial charge in [0.15, 0.2) is 12.5 Å². The Hall–Kier alpha value is -1.13. The predicted octanol–water partition coefficient (Wildman–Crippen LogP) is -4.68. The molecule has 0 bridgehead atoms. The third-order valence-electron chi connectivity index (χ3n) is 4.83. The third-order valence-corrected chi connectivity index (χ3v) is 4.83. The zero-order valence-electron chi connectivity index (χ0n) is 15.9. The number of rotatable bonds is 7. The Morgan fingerprint density at radius 1 is 0.862 bits per heavy atom. The third kappa shape index (κ3) is 5.52. The molecule has 0 unspecified atom stereocenters. The average Bonchev–Trinajstić information content (AvgIpc) is 2.71. The summed E-state index contributed by atoms with van der Waals surface area (Å²) in [6.45, 7) is 0.805. The molecule has 0 aromatic heterocycles. The van der Waals surface area contributed by atoms with Crippen LogP contribution in [0.2, 0.25) is 0 Å². The van der Waals surface area contributed by atoms with Gasteiger partial charge in [-0.15, -0.1) is 0 Å². The van der Waals surface area contributed by atoms with Gasteiger partial charge in [-0.2, -0.15) is 0 Å². The summed E-state index contributed by atoms with van der Waals surface area (Å²) in [6, 6.07) is -2.20. The van der Waals surface area contributed by atoms with Crippen molar-refractivity contribution in [1.82, 2.24) is 10.6 Å².